The van der Waals surface area contributed by atoms with E-state index in [9.17, 15) is 19.7 Å². The standard InChI is InChI=1S/C17H13Cl4N3O4/c18-11-3-5-12(6-4-11)22-16(26)23-15(17(19,20)21)9-14(25)10-1-7-13(8-2-10)24(27)28/h1-8,15H,9H2,(H2,22,23,26)/t15-/m1/s1. The number of anilines is 1. The first-order chi connectivity index (χ1) is 13.1. The molecule has 0 bridgehead atoms. The zero-order valence-corrected chi connectivity index (χ0v) is 17.0. The van der Waals surface area contributed by atoms with Crippen molar-refractivity contribution in [1.29, 1.82) is 0 Å². The van der Waals surface area contributed by atoms with Gasteiger partial charge < -0.3 is 10.6 Å². The largest absolute Gasteiger partial charge is 0.330 e. The van der Waals surface area contributed by atoms with E-state index in [1.807, 2.05) is 0 Å². The summed E-state index contributed by atoms with van der Waals surface area (Å²) in [5, 5.41) is 16.2. The third-order valence-electron chi connectivity index (χ3n) is 3.59. The molecule has 0 heterocycles. The Kier molecular flexibility index (Phi) is 7.48. The van der Waals surface area contributed by atoms with E-state index in [-0.39, 0.29) is 17.7 Å². The lowest BCUT2D eigenvalue weighted by atomic mass is 10.0. The second-order valence-corrected chi connectivity index (χ2v) is 8.44. The van der Waals surface area contributed by atoms with E-state index in [0.717, 1.165) is 0 Å². The number of halogens is 4. The van der Waals surface area contributed by atoms with E-state index in [0.29, 0.717) is 10.7 Å². The topological polar surface area (TPSA) is 101 Å². The number of hydrogen-bond donors (Lipinski definition) is 2. The number of urea groups is 1. The van der Waals surface area contributed by atoms with Crippen molar-refractivity contribution in [3.63, 3.8) is 0 Å². The molecule has 0 saturated carbocycles. The SMILES string of the molecule is O=C(Nc1ccc(Cl)cc1)N[C@H](CC(=O)c1ccc([N+](=O)[O-])cc1)C(Cl)(Cl)Cl. The molecule has 2 amide bonds. The van der Waals surface area contributed by atoms with E-state index in [2.05, 4.69) is 10.6 Å². The Morgan fingerprint density at radius 2 is 1.61 bits per heavy atom. The van der Waals surface area contributed by atoms with Gasteiger partial charge in [0.05, 0.1) is 11.0 Å². The zero-order valence-electron chi connectivity index (χ0n) is 14.0. The maximum atomic E-state index is 12.4. The number of amides is 2. The van der Waals surface area contributed by atoms with Crippen LogP contribution >= 0.6 is 46.4 Å². The summed E-state index contributed by atoms with van der Waals surface area (Å²) in [6, 6.07) is 9.47. The average molecular weight is 465 g/mol. The van der Waals surface area contributed by atoms with Gasteiger partial charge in [0.2, 0.25) is 3.79 Å². The van der Waals surface area contributed by atoms with E-state index >= 15 is 0 Å². The molecular formula is C17H13Cl4N3O4. The van der Waals surface area contributed by atoms with Gasteiger partial charge in [-0.25, -0.2) is 4.79 Å². The Morgan fingerprint density at radius 3 is 2.11 bits per heavy atom. The van der Waals surface area contributed by atoms with E-state index in [4.69, 9.17) is 46.4 Å². The molecule has 0 radical (unpaired) electrons. The van der Waals surface area contributed by atoms with Gasteiger partial charge in [0.25, 0.3) is 5.69 Å². The first-order valence-corrected chi connectivity index (χ1v) is 9.25. The molecule has 0 aliphatic carbocycles. The number of nitro groups is 1. The van der Waals surface area contributed by atoms with Crippen LogP contribution < -0.4 is 10.6 Å². The van der Waals surface area contributed by atoms with Gasteiger partial charge in [-0.15, -0.1) is 0 Å². The lowest BCUT2D eigenvalue weighted by Crippen LogP contribution is -2.46. The zero-order chi connectivity index (χ0) is 20.9. The summed E-state index contributed by atoms with van der Waals surface area (Å²) in [5.41, 5.74) is 0.478. The van der Waals surface area contributed by atoms with Gasteiger partial charge in [0, 0.05) is 34.8 Å². The number of nitro benzene ring substituents is 1. The minimum atomic E-state index is -1.96. The molecule has 148 valence electrons. The highest BCUT2D eigenvalue weighted by atomic mass is 35.6. The fourth-order valence-corrected chi connectivity index (χ4v) is 2.70. The number of nitrogens with one attached hydrogen (secondary N) is 2. The van der Waals surface area contributed by atoms with Gasteiger partial charge >= 0.3 is 6.03 Å². The van der Waals surface area contributed by atoms with Crippen molar-refractivity contribution in [2.45, 2.75) is 16.3 Å². The highest BCUT2D eigenvalue weighted by Gasteiger charge is 2.35. The summed E-state index contributed by atoms with van der Waals surface area (Å²) in [6.07, 6.45) is -0.331. The maximum absolute atomic E-state index is 12.4. The first-order valence-electron chi connectivity index (χ1n) is 7.73. The van der Waals surface area contributed by atoms with Crippen LogP contribution in [0.4, 0.5) is 16.2 Å². The third kappa shape index (κ3) is 6.53. The van der Waals surface area contributed by atoms with E-state index in [1.165, 1.54) is 24.3 Å². The van der Waals surface area contributed by atoms with Crippen molar-refractivity contribution >= 4 is 69.6 Å². The van der Waals surface area contributed by atoms with Crippen LogP contribution in [0.15, 0.2) is 48.5 Å². The van der Waals surface area contributed by atoms with Gasteiger partial charge in [-0.3, -0.25) is 14.9 Å². The summed E-state index contributed by atoms with van der Waals surface area (Å²) in [7, 11) is 0. The van der Waals surface area contributed by atoms with Crippen LogP contribution in [0.5, 0.6) is 0 Å². The lowest BCUT2D eigenvalue weighted by molar-refractivity contribution is -0.384. The third-order valence-corrected chi connectivity index (χ3v) is 4.63. The quantitative estimate of drug-likeness (QED) is 0.259. The predicted molar refractivity (Wildman–Crippen MR) is 110 cm³/mol. The van der Waals surface area contributed by atoms with Crippen LogP contribution in [0, 0.1) is 10.1 Å². The summed E-state index contributed by atoms with van der Waals surface area (Å²) in [5.74, 6) is -0.460. The Bertz CT molecular complexity index is 867. The van der Waals surface area contributed by atoms with Crippen molar-refractivity contribution in [3.05, 3.63) is 69.2 Å². The summed E-state index contributed by atoms with van der Waals surface area (Å²) in [4.78, 5) is 34.7. The monoisotopic (exact) mass is 463 g/mol. The number of nitrogens with zero attached hydrogens (tertiary/aromatic N) is 1. The van der Waals surface area contributed by atoms with Gasteiger partial charge in [-0.2, -0.15) is 0 Å². The number of rotatable bonds is 6. The fourth-order valence-electron chi connectivity index (χ4n) is 2.18. The van der Waals surface area contributed by atoms with Crippen molar-refractivity contribution in [2.24, 2.45) is 0 Å². The van der Waals surface area contributed by atoms with Crippen LogP contribution in [0.2, 0.25) is 5.02 Å². The Labute approximate surface area is 180 Å². The van der Waals surface area contributed by atoms with Gasteiger partial charge in [-0.1, -0.05) is 46.4 Å². The highest BCUT2D eigenvalue weighted by molar-refractivity contribution is 6.68. The number of carbonyl (C=O) groups excluding carboxylic acids is 2. The second kappa shape index (κ2) is 9.43. The fraction of sp³-hybridized carbons (Fsp3) is 0.176. The smallest absolute Gasteiger partial charge is 0.319 e. The number of Topliss-reactive ketones (excluding diaryl/α,β-unsaturated/α-hetero) is 1. The van der Waals surface area contributed by atoms with Gasteiger partial charge in [0.15, 0.2) is 5.78 Å². The predicted octanol–water partition coefficient (Wildman–Crippen LogP) is 5.38. The van der Waals surface area contributed by atoms with Crippen LogP contribution in [0.3, 0.4) is 0 Å². The molecule has 11 heteroatoms. The molecule has 28 heavy (non-hydrogen) atoms. The Morgan fingerprint density at radius 1 is 1.04 bits per heavy atom. The second-order valence-electron chi connectivity index (χ2n) is 5.63. The molecule has 7 nitrogen and oxygen atoms in total. The average Bonchev–Trinajstić information content (AvgIpc) is 2.62. The molecule has 0 aliphatic rings. The minimum Gasteiger partial charge on any atom is -0.330 e. The molecule has 2 N–H and O–H groups in total. The summed E-state index contributed by atoms with van der Waals surface area (Å²) >= 11 is 23.5. The summed E-state index contributed by atoms with van der Waals surface area (Å²) in [6.45, 7) is 0. The minimum absolute atomic E-state index is 0.157. The number of alkyl halides is 3. The molecule has 0 aliphatic heterocycles. The van der Waals surface area contributed by atoms with Crippen LogP contribution in [0.1, 0.15) is 16.8 Å². The van der Waals surface area contributed by atoms with Crippen LogP contribution in [-0.4, -0.2) is 26.6 Å². The molecule has 0 unspecified atom stereocenters. The number of hydrogen-bond acceptors (Lipinski definition) is 4. The van der Waals surface area contributed by atoms with Crippen molar-refractivity contribution in [3.8, 4) is 0 Å². The van der Waals surface area contributed by atoms with Crippen molar-refractivity contribution < 1.29 is 14.5 Å². The van der Waals surface area contributed by atoms with Gasteiger partial charge in [-0.05, 0) is 36.4 Å². The molecule has 0 fully saturated rings. The van der Waals surface area contributed by atoms with Crippen molar-refractivity contribution in [2.75, 3.05) is 5.32 Å². The summed E-state index contributed by atoms with van der Waals surface area (Å²) < 4.78 is -1.96. The molecule has 1 atom stereocenters. The van der Waals surface area contributed by atoms with Crippen LogP contribution in [0.25, 0.3) is 0 Å². The number of ketones is 1. The maximum Gasteiger partial charge on any atom is 0.319 e. The Hall–Kier alpha value is -2.06. The Balaban J connectivity index is 2.06. The number of carbonyl (C=O) groups is 2. The number of non-ortho nitro benzene ring substituents is 1. The molecular weight excluding hydrogens is 452 g/mol. The molecule has 0 aromatic heterocycles. The first kappa shape index (κ1) is 22.2. The van der Waals surface area contributed by atoms with E-state index < -0.39 is 26.6 Å². The van der Waals surface area contributed by atoms with E-state index in [1.54, 1.807) is 24.3 Å². The van der Waals surface area contributed by atoms with Gasteiger partial charge in [0.1, 0.15) is 0 Å². The lowest BCUT2D eigenvalue weighted by Gasteiger charge is -2.25. The normalized spacial score (nSPS) is 12.1. The molecule has 2 aromatic rings. The number of benzene rings is 2. The van der Waals surface area contributed by atoms with Crippen molar-refractivity contribution in [1.82, 2.24) is 5.32 Å². The molecule has 2 rings (SSSR count). The molecule has 0 saturated heterocycles. The molecule has 2 aromatic carbocycles. The highest BCUT2D eigenvalue weighted by Crippen LogP contribution is 2.33. The van der Waals surface area contributed by atoms with Crippen LogP contribution in [-0.2, 0) is 0 Å². The molecule has 0 spiro atoms.